The highest BCUT2D eigenvalue weighted by molar-refractivity contribution is 5.30. The third-order valence-electron chi connectivity index (χ3n) is 3.50. The van der Waals surface area contributed by atoms with Crippen LogP contribution in [0.4, 0.5) is 0 Å². The Morgan fingerprint density at radius 2 is 1.87 bits per heavy atom. The average Bonchev–Trinajstić information content (AvgIpc) is 2.26. The van der Waals surface area contributed by atoms with Gasteiger partial charge in [-0.1, -0.05) is 43.7 Å². The molecular formula is C14H23N. The van der Waals surface area contributed by atoms with Gasteiger partial charge in [0.05, 0.1) is 0 Å². The van der Waals surface area contributed by atoms with Gasteiger partial charge in [-0.25, -0.2) is 0 Å². The Morgan fingerprint density at radius 1 is 1.20 bits per heavy atom. The first kappa shape index (κ1) is 12.3. The molecule has 0 radical (unpaired) electrons. The first-order valence-electron chi connectivity index (χ1n) is 5.90. The standard InChI is InChI=1S/C14H23N/c1-5-14(6-2,11-15-4)13-9-7-8-12(3)10-13/h7-10,15H,5-6,11H2,1-4H3. The van der Waals surface area contributed by atoms with Crippen molar-refractivity contribution >= 4 is 0 Å². The van der Waals surface area contributed by atoms with Gasteiger partial charge in [-0.05, 0) is 32.4 Å². The van der Waals surface area contributed by atoms with Gasteiger partial charge in [0.2, 0.25) is 0 Å². The Hall–Kier alpha value is -0.820. The first-order chi connectivity index (χ1) is 7.18. The fraction of sp³-hybridized carbons (Fsp3) is 0.571. The van der Waals surface area contributed by atoms with E-state index in [4.69, 9.17) is 0 Å². The number of benzene rings is 1. The van der Waals surface area contributed by atoms with Crippen molar-refractivity contribution in [1.29, 1.82) is 0 Å². The average molecular weight is 205 g/mol. The maximum Gasteiger partial charge on any atom is 0.00725 e. The summed E-state index contributed by atoms with van der Waals surface area (Å²) in [7, 11) is 2.04. The molecule has 0 aliphatic rings. The van der Waals surface area contributed by atoms with Crippen molar-refractivity contribution in [1.82, 2.24) is 5.32 Å². The lowest BCUT2D eigenvalue weighted by molar-refractivity contribution is 0.380. The molecule has 0 heterocycles. The minimum atomic E-state index is 0.306. The molecule has 0 fully saturated rings. The van der Waals surface area contributed by atoms with E-state index in [0.717, 1.165) is 6.54 Å². The van der Waals surface area contributed by atoms with Gasteiger partial charge < -0.3 is 5.32 Å². The number of hydrogen-bond donors (Lipinski definition) is 1. The highest BCUT2D eigenvalue weighted by Gasteiger charge is 2.27. The zero-order valence-electron chi connectivity index (χ0n) is 10.4. The van der Waals surface area contributed by atoms with Crippen LogP contribution in [-0.2, 0) is 5.41 Å². The zero-order chi connectivity index (χ0) is 11.3. The summed E-state index contributed by atoms with van der Waals surface area (Å²) in [5, 5.41) is 3.33. The second-order valence-electron chi connectivity index (χ2n) is 4.39. The molecule has 0 aliphatic heterocycles. The van der Waals surface area contributed by atoms with E-state index in [9.17, 15) is 0 Å². The molecule has 0 unspecified atom stereocenters. The minimum Gasteiger partial charge on any atom is -0.319 e. The zero-order valence-corrected chi connectivity index (χ0v) is 10.4. The molecule has 0 saturated carbocycles. The second kappa shape index (κ2) is 5.32. The van der Waals surface area contributed by atoms with E-state index in [1.807, 2.05) is 7.05 Å². The van der Waals surface area contributed by atoms with Gasteiger partial charge >= 0.3 is 0 Å². The van der Waals surface area contributed by atoms with Crippen molar-refractivity contribution < 1.29 is 0 Å². The molecule has 0 spiro atoms. The minimum absolute atomic E-state index is 0.306. The van der Waals surface area contributed by atoms with E-state index in [0.29, 0.717) is 5.41 Å². The van der Waals surface area contributed by atoms with Crippen LogP contribution < -0.4 is 5.32 Å². The molecule has 0 atom stereocenters. The molecule has 1 heteroatoms. The maximum absolute atomic E-state index is 3.33. The van der Waals surface area contributed by atoms with E-state index in [2.05, 4.69) is 50.4 Å². The number of likely N-dealkylation sites (N-methyl/N-ethyl adjacent to an activating group) is 1. The van der Waals surface area contributed by atoms with Gasteiger partial charge in [-0.3, -0.25) is 0 Å². The summed E-state index contributed by atoms with van der Waals surface area (Å²) in [6.07, 6.45) is 2.38. The first-order valence-corrected chi connectivity index (χ1v) is 5.90. The predicted molar refractivity (Wildman–Crippen MR) is 67.4 cm³/mol. The normalized spacial score (nSPS) is 11.7. The maximum atomic E-state index is 3.33. The predicted octanol–water partition coefficient (Wildman–Crippen LogP) is 3.27. The lowest BCUT2D eigenvalue weighted by Gasteiger charge is -2.32. The van der Waals surface area contributed by atoms with Crippen molar-refractivity contribution in [2.24, 2.45) is 0 Å². The molecule has 1 N–H and O–H groups in total. The fourth-order valence-corrected chi connectivity index (χ4v) is 2.32. The number of hydrogen-bond acceptors (Lipinski definition) is 1. The van der Waals surface area contributed by atoms with E-state index in [-0.39, 0.29) is 0 Å². The van der Waals surface area contributed by atoms with Crippen LogP contribution in [0.15, 0.2) is 24.3 Å². The van der Waals surface area contributed by atoms with Gasteiger partial charge in [0.25, 0.3) is 0 Å². The summed E-state index contributed by atoms with van der Waals surface area (Å²) < 4.78 is 0. The Balaban J connectivity index is 3.07. The van der Waals surface area contributed by atoms with Crippen molar-refractivity contribution in [2.45, 2.75) is 39.0 Å². The fourth-order valence-electron chi connectivity index (χ4n) is 2.32. The third-order valence-corrected chi connectivity index (χ3v) is 3.50. The van der Waals surface area contributed by atoms with Gasteiger partial charge in [0.15, 0.2) is 0 Å². The van der Waals surface area contributed by atoms with Crippen LogP contribution in [0.5, 0.6) is 0 Å². The Bertz CT molecular complexity index is 300. The monoisotopic (exact) mass is 205 g/mol. The summed E-state index contributed by atoms with van der Waals surface area (Å²) in [5.74, 6) is 0. The smallest absolute Gasteiger partial charge is 0.00725 e. The van der Waals surface area contributed by atoms with Gasteiger partial charge in [0, 0.05) is 12.0 Å². The molecule has 1 nitrogen and oxygen atoms in total. The number of nitrogens with one attached hydrogen (secondary N) is 1. The van der Waals surface area contributed by atoms with E-state index in [1.54, 1.807) is 0 Å². The van der Waals surface area contributed by atoms with E-state index >= 15 is 0 Å². The Labute approximate surface area is 93.9 Å². The molecule has 1 rings (SSSR count). The van der Waals surface area contributed by atoms with Crippen LogP contribution >= 0.6 is 0 Å². The van der Waals surface area contributed by atoms with E-state index < -0.39 is 0 Å². The Morgan fingerprint density at radius 3 is 2.33 bits per heavy atom. The molecule has 0 amide bonds. The quantitative estimate of drug-likeness (QED) is 0.778. The van der Waals surface area contributed by atoms with Gasteiger partial charge in [-0.2, -0.15) is 0 Å². The number of rotatable bonds is 5. The molecule has 1 aromatic carbocycles. The van der Waals surface area contributed by atoms with Crippen molar-refractivity contribution in [3.05, 3.63) is 35.4 Å². The molecule has 84 valence electrons. The van der Waals surface area contributed by atoms with Crippen LogP contribution in [0.1, 0.15) is 37.8 Å². The highest BCUT2D eigenvalue weighted by atomic mass is 14.8. The van der Waals surface area contributed by atoms with Crippen LogP contribution in [0.3, 0.4) is 0 Å². The molecule has 15 heavy (non-hydrogen) atoms. The molecule has 0 aliphatic carbocycles. The van der Waals surface area contributed by atoms with Crippen LogP contribution in [0, 0.1) is 6.92 Å². The Kier molecular flexibility index (Phi) is 4.34. The van der Waals surface area contributed by atoms with E-state index in [1.165, 1.54) is 24.0 Å². The largest absolute Gasteiger partial charge is 0.319 e. The SMILES string of the molecule is CCC(CC)(CNC)c1cccc(C)c1. The third kappa shape index (κ3) is 2.60. The molecule has 1 aromatic rings. The van der Waals surface area contributed by atoms with Crippen molar-refractivity contribution in [3.63, 3.8) is 0 Å². The summed E-state index contributed by atoms with van der Waals surface area (Å²) in [6, 6.07) is 8.92. The number of aryl methyl sites for hydroxylation is 1. The van der Waals surface area contributed by atoms with Crippen LogP contribution in [0.25, 0.3) is 0 Å². The summed E-state index contributed by atoms with van der Waals surface area (Å²) in [6.45, 7) is 7.79. The highest BCUT2D eigenvalue weighted by Crippen LogP contribution is 2.31. The molecule has 0 bridgehead atoms. The second-order valence-corrected chi connectivity index (χ2v) is 4.39. The van der Waals surface area contributed by atoms with Crippen molar-refractivity contribution in [2.75, 3.05) is 13.6 Å². The van der Waals surface area contributed by atoms with Crippen molar-refractivity contribution in [3.8, 4) is 0 Å². The summed E-state index contributed by atoms with van der Waals surface area (Å²) >= 11 is 0. The molecule has 0 aromatic heterocycles. The van der Waals surface area contributed by atoms with Crippen LogP contribution in [-0.4, -0.2) is 13.6 Å². The molecular weight excluding hydrogens is 182 g/mol. The molecule has 0 saturated heterocycles. The topological polar surface area (TPSA) is 12.0 Å². The summed E-state index contributed by atoms with van der Waals surface area (Å²) in [4.78, 5) is 0. The summed E-state index contributed by atoms with van der Waals surface area (Å²) in [5.41, 5.74) is 3.14. The van der Waals surface area contributed by atoms with Gasteiger partial charge in [-0.15, -0.1) is 0 Å². The van der Waals surface area contributed by atoms with Crippen LogP contribution in [0.2, 0.25) is 0 Å². The lowest BCUT2D eigenvalue weighted by Crippen LogP contribution is -2.35. The van der Waals surface area contributed by atoms with Gasteiger partial charge in [0.1, 0.15) is 0 Å². The lowest BCUT2D eigenvalue weighted by atomic mass is 9.75.